The van der Waals surface area contributed by atoms with Crippen molar-refractivity contribution in [3.63, 3.8) is 0 Å². The molecule has 4 atom stereocenters. The van der Waals surface area contributed by atoms with Gasteiger partial charge in [-0.2, -0.15) is 0 Å². The standard InChI is InChI=1S/C61H82N6O24P2/c68-47(25-30-86-33-35-88-37-38-89-36-34-87-31-26-48(69)39-44(59(75)76)19-22-53(70)63-51(61(79)80)13-8-29-90-92(81,82)41-46(60(77)78)20-24-55(72)73)21-23-54(71)66-40-45-10-3-4-11-49(45)57-56(50-12-5-6-14-52(50)66)64-65-67(57)28-7-1-2-9-42-15-17-43(18-16-42)58(74)62-27-32-91-93(83,84)85/h3-6,10-12,14-18,44,46,51H,1-2,7-9,13,19-41H2,(H,62,74)(H,63,70)(H,72,73)(H,75,76)(H,77,78)(H,79,80)(H,81,82)(H2,83,84,85)/t44-,46?,51+/m1/s1. The van der Waals surface area contributed by atoms with E-state index in [-0.39, 0.29) is 135 Å². The van der Waals surface area contributed by atoms with Gasteiger partial charge in [0.2, 0.25) is 11.8 Å². The summed E-state index contributed by atoms with van der Waals surface area (Å²) in [6.07, 6.45) is -0.0169. The van der Waals surface area contributed by atoms with Gasteiger partial charge >= 0.3 is 39.3 Å². The molecule has 32 heteroatoms. The first-order valence-electron chi connectivity index (χ1n) is 30.4. The molecule has 2 heterocycles. The summed E-state index contributed by atoms with van der Waals surface area (Å²) < 4.78 is 56.4. The molecule has 30 nitrogen and oxygen atoms in total. The lowest BCUT2D eigenvalue weighted by molar-refractivity contribution is -0.145. The van der Waals surface area contributed by atoms with Gasteiger partial charge in [0.25, 0.3) is 5.91 Å². The maximum atomic E-state index is 14.0. The Morgan fingerprint density at radius 2 is 1.19 bits per heavy atom. The third kappa shape index (κ3) is 28.3. The van der Waals surface area contributed by atoms with Crippen molar-refractivity contribution >= 4 is 74.3 Å². The molecule has 3 aromatic carbocycles. The summed E-state index contributed by atoms with van der Waals surface area (Å²) in [6.45, 7) is 1.33. The normalized spacial score (nSPS) is 13.6. The lowest BCUT2D eigenvalue weighted by Crippen LogP contribution is -2.41. The zero-order chi connectivity index (χ0) is 67.8. The number of hydrogen-bond acceptors (Lipinski definition) is 19. The number of anilines is 1. The van der Waals surface area contributed by atoms with Crippen LogP contribution in [-0.2, 0) is 95.0 Å². The highest BCUT2D eigenvalue weighted by molar-refractivity contribution is 7.52. The summed E-state index contributed by atoms with van der Waals surface area (Å²) in [5.74, 6) is -10.3. The molecular weight excluding hydrogens is 1260 g/mol. The number of carboxylic acids is 4. The predicted octanol–water partition coefficient (Wildman–Crippen LogP) is 5.46. The number of ether oxygens (including phenoxy) is 4. The molecule has 0 saturated carbocycles. The number of aliphatic carboxylic acids is 4. The second kappa shape index (κ2) is 39.9. The Bertz CT molecular complexity index is 3230. The van der Waals surface area contributed by atoms with Crippen LogP contribution < -0.4 is 15.5 Å². The number of amides is 3. The molecule has 0 bridgehead atoms. The maximum absolute atomic E-state index is 14.0. The maximum Gasteiger partial charge on any atom is 0.469 e. The highest BCUT2D eigenvalue weighted by Crippen LogP contribution is 2.45. The Kier molecular flexibility index (Phi) is 32.7. The molecule has 3 amide bonds. The summed E-state index contributed by atoms with van der Waals surface area (Å²) in [5, 5.41) is 51.3. The zero-order valence-electron chi connectivity index (χ0n) is 51.4. The van der Waals surface area contributed by atoms with Crippen LogP contribution in [0, 0.1) is 11.8 Å². The molecule has 93 heavy (non-hydrogen) atoms. The Balaban J connectivity index is 0.907. The predicted molar refractivity (Wildman–Crippen MR) is 331 cm³/mol. The number of unbranched alkanes of at least 4 members (excludes halogenated alkanes) is 2. The van der Waals surface area contributed by atoms with Crippen LogP contribution in [0.2, 0.25) is 0 Å². The van der Waals surface area contributed by atoms with Crippen LogP contribution in [0.1, 0.15) is 111 Å². The summed E-state index contributed by atoms with van der Waals surface area (Å²) >= 11 is 0. The molecule has 2 unspecified atom stereocenters. The van der Waals surface area contributed by atoms with Crippen molar-refractivity contribution in [3.05, 3.63) is 89.5 Å². The van der Waals surface area contributed by atoms with Gasteiger partial charge in [0.1, 0.15) is 23.3 Å². The Morgan fingerprint density at radius 3 is 1.83 bits per heavy atom. The van der Waals surface area contributed by atoms with Crippen LogP contribution >= 0.6 is 15.4 Å². The van der Waals surface area contributed by atoms with Gasteiger partial charge in [-0.05, 0) is 74.3 Å². The van der Waals surface area contributed by atoms with Crippen LogP contribution in [0.25, 0.3) is 22.5 Å². The van der Waals surface area contributed by atoms with Crippen molar-refractivity contribution in [1.82, 2.24) is 25.6 Å². The number of aryl methyl sites for hydroxylation is 2. The number of nitrogens with one attached hydrogen (secondary N) is 2. The highest BCUT2D eigenvalue weighted by atomic mass is 31.2. The van der Waals surface area contributed by atoms with Gasteiger partial charge in [-0.1, -0.05) is 66.2 Å². The van der Waals surface area contributed by atoms with Gasteiger partial charge < -0.3 is 74.1 Å². The van der Waals surface area contributed by atoms with E-state index in [9.17, 15) is 72.5 Å². The summed E-state index contributed by atoms with van der Waals surface area (Å²) in [5.41, 5.74) is 6.15. The molecule has 0 fully saturated rings. The summed E-state index contributed by atoms with van der Waals surface area (Å²) in [4.78, 5) is 140. The van der Waals surface area contributed by atoms with Crippen molar-refractivity contribution < 1.29 is 115 Å². The quantitative estimate of drug-likeness (QED) is 0.0196. The number of phosphoric ester groups is 1. The van der Waals surface area contributed by atoms with Crippen LogP contribution in [0.5, 0.6) is 0 Å². The van der Waals surface area contributed by atoms with E-state index in [1.54, 1.807) is 17.0 Å². The first-order valence-corrected chi connectivity index (χ1v) is 33.7. The van der Waals surface area contributed by atoms with Crippen molar-refractivity contribution in [2.75, 3.05) is 83.7 Å². The lowest BCUT2D eigenvalue weighted by Gasteiger charge is -2.28. The molecule has 9 N–H and O–H groups in total. The Labute approximate surface area is 536 Å². The SMILES string of the molecule is O=C(O)CCC(CP(=O)(O)OCCC[C@H](NC(=O)CC[C@H](CC(=O)CCOCCOCCOCCOCCC(=O)CCC(=O)N1Cc2ccccc2-c2c(nnn2CCCCCc2ccc(C(=O)NCCOP(=O)(O)O)cc2)-c2ccccc21)C(=O)O)C(=O)O)C(=O)O. The average molecular weight is 1350 g/mol. The number of benzene rings is 3. The summed E-state index contributed by atoms with van der Waals surface area (Å²) in [7, 11) is -9.11. The molecule has 0 aliphatic carbocycles. The van der Waals surface area contributed by atoms with Gasteiger partial charge in [0, 0.05) is 74.7 Å². The number of hydrogen-bond donors (Lipinski definition) is 9. The number of aromatic nitrogens is 3. The number of para-hydroxylation sites is 1. The van der Waals surface area contributed by atoms with E-state index in [2.05, 4.69) is 25.5 Å². The van der Waals surface area contributed by atoms with E-state index < -0.39 is 107 Å². The number of phosphoric acid groups is 1. The van der Waals surface area contributed by atoms with Crippen LogP contribution in [0.4, 0.5) is 5.69 Å². The number of carbonyl (C=O) groups is 9. The van der Waals surface area contributed by atoms with Crippen LogP contribution in [0.15, 0.2) is 72.8 Å². The second-order valence-electron chi connectivity index (χ2n) is 21.8. The lowest BCUT2D eigenvalue weighted by atomic mass is 9.95. The van der Waals surface area contributed by atoms with E-state index >= 15 is 0 Å². The number of ketones is 2. The van der Waals surface area contributed by atoms with Crippen molar-refractivity contribution in [2.24, 2.45) is 11.8 Å². The monoisotopic (exact) mass is 1340 g/mol. The molecule has 5 rings (SSSR count). The van der Waals surface area contributed by atoms with Crippen molar-refractivity contribution in [3.8, 4) is 22.5 Å². The third-order valence-corrected chi connectivity index (χ3v) is 16.7. The average Bonchev–Trinajstić information content (AvgIpc) is 1.71. The number of carbonyl (C=O) groups excluding carboxylic acids is 5. The second-order valence-corrected chi connectivity index (χ2v) is 24.9. The molecule has 0 radical (unpaired) electrons. The van der Waals surface area contributed by atoms with E-state index in [1.807, 2.05) is 65.3 Å². The van der Waals surface area contributed by atoms with Gasteiger partial charge in [0.05, 0.1) is 102 Å². The number of Topliss-reactive ketones (excluding diaryl/α,β-unsaturated/α-hetero) is 2. The van der Waals surface area contributed by atoms with Gasteiger partial charge in [0.15, 0.2) is 0 Å². The Morgan fingerprint density at radius 1 is 0.581 bits per heavy atom. The number of carboxylic acid groups (broad SMARTS) is 4. The molecule has 1 aliphatic heterocycles. The first kappa shape index (κ1) is 76.2. The van der Waals surface area contributed by atoms with E-state index in [4.69, 9.17) is 38.4 Å². The molecule has 4 aromatic rings. The topological polar surface area (TPSA) is 443 Å². The molecule has 0 saturated heterocycles. The van der Waals surface area contributed by atoms with Crippen molar-refractivity contribution in [1.29, 1.82) is 0 Å². The minimum absolute atomic E-state index is 0.0185. The smallest absolute Gasteiger partial charge is 0.469 e. The van der Waals surface area contributed by atoms with E-state index in [1.165, 1.54) is 0 Å². The third-order valence-electron chi connectivity index (χ3n) is 14.7. The molecular formula is C61H82N6O24P2. The first-order chi connectivity index (χ1) is 44.4. The number of nitrogens with zero attached hydrogens (tertiary/aromatic N) is 4. The minimum Gasteiger partial charge on any atom is -0.481 e. The fourth-order valence-corrected chi connectivity index (χ4v) is 11.5. The van der Waals surface area contributed by atoms with Gasteiger partial charge in [-0.3, -0.25) is 47.4 Å². The largest absolute Gasteiger partial charge is 0.481 e. The highest BCUT2D eigenvalue weighted by Gasteiger charge is 2.32. The van der Waals surface area contributed by atoms with Crippen LogP contribution in [-0.4, -0.2) is 188 Å². The van der Waals surface area contributed by atoms with E-state index in [0.717, 1.165) is 53.6 Å². The number of fused-ring (bicyclic) bond motifs is 5. The Hall–Kier alpha value is -7.47. The minimum atomic E-state index is -4.61. The summed E-state index contributed by atoms with van der Waals surface area (Å²) in [6, 6.07) is 21.0. The number of rotatable bonds is 48. The van der Waals surface area contributed by atoms with Gasteiger partial charge in [-0.25, -0.2) is 14.0 Å². The molecule has 1 aliphatic rings. The zero-order valence-corrected chi connectivity index (χ0v) is 53.2. The van der Waals surface area contributed by atoms with Gasteiger partial charge in [-0.15, -0.1) is 5.10 Å². The fourth-order valence-electron chi connectivity index (χ4n) is 9.79. The van der Waals surface area contributed by atoms with Crippen LogP contribution in [0.3, 0.4) is 0 Å². The molecule has 0 spiro atoms. The molecule has 510 valence electrons. The van der Waals surface area contributed by atoms with Crippen molar-refractivity contribution in [2.45, 2.75) is 115 Å². The van der Waals surface area contributed by atoms with E-state index in [0.29, 0.717) is 23.5 Å². The fraction of sp³-hybridized carbons (Fsp3) is 0.525. The molecule has 1 aromatic heterocycles.